The van der Waals surface area contributed by atoms with Gasteiger partial charge in [-0.2, -0.15) is 9.78 Å². The highest BCUT2D eigenvalue weighted by Gasteiger charge is 2.19. The molecule has 3 aromatic rings. The molecule has 0 amide bonds. The second kappa shape index (κ2) is 6.89. The maximum Gasteiger partial charge on any atom is 0.264 e. The fourth-order valence-corrected chi connectivity index (χ4v) is 3.16. The van der Waals surface area contributed by atoms with Gasteiger partial charge < -0.3 is 4.74 Å². The van der Waals surface area contributed by atoms with Crippen molar-refractivity contribution in [1.82, 2.24) is 19.7 Å². The molecule has 0 aliphatic carbocycles. The quantitative estimate of drug-likeness (QED) is 0.724. The molecule has 0 fully saturated rings. The van der Waals surface area contributed by atoms with E-state index in [4.69, 9.17) is 4.74 Å². The van der Waals surface area contributed by atoms with Crippen molar-refractivity contribution >= 4 is 15.8 Å². The Hall–Kier alpha value is -2.94. The van der Waals surface area contributed by atoms with Gasteiger partial charge in [-0.05, 0) is 32.0 Å². The van der Waals surface area contributed by atoms with Crippen LogP contribution in [0.1, 0.15) is 12.6 Å². The van der Waals surface area contributed by atoms with Crippen molar-refractivity contribution in [3.8, 4) is 11.7 Å². The van der Waals surface area contributed by atoms with Crippen LogP contribution in [0.3, 0.4) is 0 Å². The third-order valence-electron chi connectivity index (χ3n) is 3.25. The number of aromatic nitrogens is 4. The van der Waals surface area contributed by atoms with E-state index < -0.39 is 10.0 Å². The summed E-state index contributed by atoms with van der Waals surface area (Å²) in [5, 5.41) is 4.29. The minimum atomic E-state index is -3.82. The summed E-state index contributed by atoms with van der Waals surface area (Å²) in [4.78, 5) is 8.21. The smallest absolute Gasteiger partial charge is 0.264 e. The SMILES string of the molecule is CCOc1ccc(S(=O)(=O)Nc2cc(C)nn2-c2ccccn2)cn1. The Morgan fingerprint density at radius 2 is 2.04 bits per heavy atom. The average molecular weight is 359 g/mol. The first-order valence-electron chi connectivity index (χ1n) is 7.59. The summed E-state index contributed by atoms with van der Waals surface area (Å²) in [6, 6.07) is 9.90. The lowest BCUT2D eigenvalue weighted by Gasteiger charge is -2.10. The van der Waals surface area contributed by atoms with Crippen molar-refractivity contribution in [3.63, 3.8) is 0 Å². The lowest BCUT2D eigenvalue weighted by Crippen LogP contribution is -2.16. The molecule has 0 radical (unpaired) electrons. The standard InChI is InChI=1S/C16H17N5O3S/c1-3-24-16-8-7-13(11-18-16)25(22,23)20-15-10-12(2)19-21(15)14-6-4-5-9-17-14/h4-11,20H,3H2,1-2H3. The van der Waals surface area contributed by atoms with E-state index in [0.29, 0.717) is 29.8 Å². The molecule has 0 aromatic carbocycles. The summed E-state index contributed by atoms with van der Waals surface area (Å²) in [7, 11) is -3.82. The summed E-state index contributed by atoms with van der Waals surface area (Å²) < 4.78 is 34.4. The maximum absolute atomic E-state index is 12.6. The first-order chi connectivity index (χ1) is 12.0. The highest BCUT2D eigenvalue weighted by atomic mass is 32.2. The van der Waals surface area contributed by atoms with E-state index in [1.54, 1.807) is 37.4 Å². The van der Waals surface area contributed by atoms with Crippen molar-refractivity contribution in [2.24, 2.45) is 0 Å². The topological polar surface area (TPSA) is 99.0 Å². The van der Waals surface area contributed by atoms with Crippen LogP contribution in [0.15, 0.2) is 53.7 Å². The highest BCUT2D eigenvalue weighted by Crippen LogP contribution is 2.20. The number of sulfonamides is 1. The number of nitrogens with zero attached hydrogens (tertiary/aromatic N) is 4. The normalized spacial score (nSPS) is 11.3. The molecule has 0 aliphatic heterocycles. The van der Waals surface area contributed by atoms with E-state index in [-0.39, 0.29) is 4.90 Å². The second-order valence-electron chi connectivity index (χ2n) is 5.14. The fourth-order valence-electron chi connectivity index (χ4n) is 2.18. The Morgan fingerprint density at radius 1 is 1.20 bits per heavy atom. The summed E-state index contributed by atoms with van der Waals surface area (Å²) in [5.74, 6) is 1.18. The number of anilines is 1. The zero-order chi connectivity index (χ0) is 17.9. The molecule has 0 spiro atoms. The van der Waals surface area contributed by atoms with Crippen molar-refractivity contribution in [2.75, 3.05) is 11.3 Å². The molecule has 130 valence electrons. The molecule has 1 N–H and O–H groups in total. The minimum absolute atomic E-state index is 0.0300. The van der Waals surface area contributed by atoms with E-state index in [1.807, 2.05) is 6.92 Å². The Kier molecular flexibility index (Phi) is 4.66. The van der Waals surface area contributed by atoms with Gasteiger partial charge in [0, 0.05) is 18.3 Å². The third kappa shape index (κ3) is 3.77. The Bertz CT molecular complexity index is 953. The molecule has 3 aromatic heterocycles. The van der Waals surface area contributed by atoms with Crippen LogP contribution in [0.25, 0.3) is 5.82 Å². The van der Waals surface area contributed by atoms with Gasteiger partial charge in [0.15, 0.2) is 5.82 Å². The van der Waals surface area contributed by atoms with E-state index in [9.17, 15) is 8.42 Å². The molecule has 0 atom stereocenters. The predicted octanol–water partition coefficient (Wildman–Crippen LogP) is 2.17. The van der Waals surface area contributed by atoms with Crippen LogP contribution in [0, 0.1) is 6.92 Å². The largest absolute Gasteiger partial charge is 0.478 e. The van der Waals surface area contributed by atoms with Gasteiger partial charge >= 0.3 is 0 Å². The lowest BCUT2D eigenvalue weighted by molar-refractivity contribution is 0.326. The summed E-state index contributed by atoms with van der Waals surface area (Å²) in [6.45, 7) is 4.06. The van der Waals surface area contributed by atoms with Crippen molar-refractivity contribution in [3.05, 3.63) is 54.5 Å². The fraction of sp³-hybridized carbons (Fsp3) is 0.188. The number of hydrogen-bond acceptors (Lipinski definition) is 6. The molecule has 9 heteroatoms. The highest BCUT2D eigenvalue weighted by molar-refractivity contribution is 7.92. The van der Waals surface area contributed by atoms with Gasteiger partial charge in [-0.25, -0.2) is 18.4 Å². The van der Waals surface area contributed by atoms with Crippen LogP contribution in [0.2, 0.25) is 0 Å². The molecule has 3 rings (SSSR count). The van der Waals surface area contributed by atoms with Gasteiger partial charge in [-0.15, -0.1) is 0 Å². The first-order valence-corrected chi connectivity index (χ1v) is 9.07. The molecule has 3 heterocycles. The number of aryl methyl sites for hydroxylation is 1. The number of pyridine rings is 2. The number of rotatable bonds is 6. The van der Waals surface area contributed by atoms with E-state index in [2.05, 4.69) is 19.8 Å². The van der Waals surface area contributed by atoms with Crippen molar-refractivity contribution in [2.45, 2.75) is 18.7 Å². The molecule has 0 bridgehead atoms. The van der Waals surface area contributed by atoms with Gasteiger partial charge in [-0.3, -0.25) is 4.72 Å². The second-order valence-corrected chi connectivity index (χ2v) is 6.82. The molecular formula is C16H17N5O3S. The minimum Gasteiger partial charge on any atom is -0.478 e. The van der Waals surface area contributed by atoms with Crippen LogP contribution in [-0.2, 0) is 10.0 Å². The van der Waals surface area contributed by atoms with Gasteiger partial charge in [0.05, 0.1) is 18.5 Å². The van der Waals surface area contributed by atoms with Crippen molar-refractivity contribution in [1.29, 1.82) is 0 Å². The summed E-state index contributed by atoms with van der Waals surface area (Å²) in [5.41, 5.74) is 0.660. The third-order valence-corrected chi connectivity index (χ3v) is 4.59. The van der Waals surface area contributed by atoms with Crippen LogP contribution < -0.4 is 9.46 Å². The van der Waals surface area contributed by atoms with E-state index in [1.165, 1.54) is 23.0 Å². The first kappa shape index (κ1) is 16.9. The number of ether oxygens (including phenoxy) is 1. The van der Waals surface area contributed by atoms with Gasteiger partial charge in [0.1, 0.15) is 10.7 Å². The lowest BCUT2D eigenvalue weighted by atomic mass is 10.4. The molecule has 25 heavy (non-hydrogen) atoms. The molecule has 0 aliphatic rings. The van der Waals surface area contributed by atoms with E-state index >= 15 is 0 Å². The Balaban J connectivity index is 1.91. The summed E-state index contributed by atoms with van der Waals surface area (Å²) in [6.07, 6.45) is 2.86. The molecule has 0 saturated carbocycles. The monoisotopic (exact) mass is 359 g/mol. The predicted molar refractivity (Wildman–Crippen MR) is 92.3 cm³/mol. The zero-order valence-electron chi connectivity index (χ0n) is 13.7. The molecule has 0 saturated heterocycles. The number of nitrogens with one attached hydrogen (secondary N) is 1. The number of hydrogen-bond donors (Lipinski definition) is 1. The zero-order valence-corrected chi connectivity index (χ0v) is 14.6. The van der Waals surface area contributed by atoms with Crippen molar-refractivity contribution < 1.29 is 13.2 Å². The molecular weight excluding hydrogens is 342 g/mol. The van der Waals surface area contributed by atoms with Gasteiger partial charge in [-0.1, -0.05) is 6.07 Å². The van der Waals surface area contributed by atoms with Gasteiger partial charge in [0.25, 0.3) is 10.0 Å². The molecule has 0 unspecified atom stereocenters. The van der Waals surface area contributed by atoms with Crippen LogP contribution >= 0.6 is 0 Å². The molecule has 8 nitrogen and oxygen atoms in total. The Morgan fingerprint density at radius 3 is 2.68 bits per heavy atom. The van der Waals surface area contributed by atoms with Crippen LogP contribution in [0.5, 0.6) is 5.88 Å². The van der Waals surface area contributed by atoms with Crippen LogP contribution in [-0.4, -0.2) is 34.8 Å². The summed E-state index contributed by atoms with van der Waals surface area (Å²) >= 11 is 0. The average Bonchev–Trinajstić information content (AvgIpc) is 2.96. The maximum atomic E-state index is 12.6. The Labute approximate surface area is 145 Å². The van der Waals surface area contributed by atoms with Crippen LogP contribution in [0.4, 0.5) is 5.82 Å². The van der Waals surface area contributed by atoms with E-state index in [0.717, 1.165) is 0 Å². The van der Waals surface area contributed by atoms with Gasteiger partial charge in [0.2, 0.25) is 5.88 Å².